The molecular weight excluding hydrogens is 222 g/mol. The van der Waals surface area contributed by atoms with Gasteiger partial charge in [-0.3, -0.25) is 0 Å². The van der Waals surface area contributed by atoms with E-state index in [-0.39, 0.29) is 5.92 Å². The second kappa shape index (κ2) is 5.89. The minimum atomic E-state index is -0.477. The van der Waals surface area contributed by atoms with Crippen molar-refractivity contribution < 1.29 is 19.1 Å². The maximum Gasteiger partial charge on any atom is 0.339 e. The van der Waals surface area contributed by atoms with E-state index in [0.717, 1.165) is 0 Å². The standard InChI is InChI=1S/C12H15NO4/c1-16-10(14)7-6-8-4-3-5-9(11(8)13)12(15)17-2/h3,5-8H,4,13H2,1-2H3/b7-6+. The maximum absolute atomic E-state index is 11.4. The third-order valence-electron chi connectivity index (χ3n) is 2.46. The zero-order chi connectivity index (χ0) is 12.8. The van der Waals surface area contributed by atoms with Crippen molar-refractivity contribution in [2.45, 2.75) is 6.42 Å². The van der Waals surface area contributed by atoms with Crippen LogP contribution in [0.2, 0.25) is 0 Å². The number of methoxy groups -OCH3 is 2. The van der Waals surface area contributed by atoms with E-state index in [9.17, 15) is 9.59 Å². The molecule has 0 aromatic rings. The molecule has 0 radical (unpaired) electrons. The minimum absolute atomic E-state index is 0.187. The zero-order valence-electron chi connectivity index (χ0n) is 9.80. The molecule has 0 heterocycles. The molecule has 1 unspecified atom stereocenters. The Hall–Kier alpha value is -2.04. The van der Waals surface area contributed by atoms with E-state index in [1.54, 1.807) is 12.2 Å². The Balaban J connectivity index is 2.87. The first-order valence-electron chi connectivity index (χ1n) is 5.10. The van der Waals surface area contributed by atoms with Gasteiger partial charge in [-0.15, -0.1) is 0 Å². The summed E-state index contributed by atoms with van der Waals surface area (Å²) in [6.07, 6.45) is 7.00. The van der Waals surface area contributed by atoms with Gasteiger partial charge in [0.2, 0.25) is 0 Å². The average molecular weight is 237 g/mol. The number of ether oxygens (including phenoxy) is 2. The molecule has 1 atom stereocenters. The number of nitrogens with two attached hydrogens (primary N) is 1. The summed E-state index contributed by atoms with van der Waals surface area (Å²) < 4.78 is 9.09. The third kappa shape index (κ3) is 3.21. The molecule has 0 saturated heterocycles. The molecule has 1 aliphatic rings. The lowest BCUT2D eigenvalue weighted by molar-refractivity contribution is -0.136. The number of esters is 2. The van der Waals surface area contributed by atoms with Crippen LogP contribution in [-0.4, -0.2) is 26.2 Å². The van der Waals surface area contributed by atoms with Crippen molar-refractivity contribution in [3.05, 3.63) is 35.6 Å². The Labute approximate surface area is 99.6 Å². The SMILES string of the molecule is COC(=O)/C=C/C1CC=CC(C(=O)OC)=C1N. The van der Waals surface area contributed by atoms with Crippen molar-refractivity contribution in [3.8, 4) is 0 Å². The predicted octanol–water partition coefficient (Wildman–Crippen LogP) is 0.678. The van der Waals surface area contributed by atoms with Crippen LogP contribution in [0.15, 0.2) is 35.6 Å². The van der Waals surface area contributed by atoms with Crippen LogP contribution >= 0.6 is 0 Å². The highest BCUT2D eigenvalue weighted by atomic mass is 16.5. The van der Waals surface area contributed by atoms with Crippen molar-refractivity contribution in [2.24, 2.45) is 11.7 Å². The van der Waals surface area contributed by atoms with Gasteiger partial charge in [-0.1, -0.05) is 12.2 Å². The monoisotopic (exact) mass is 237 g/mol. The van der Waals surface area contributed by atoms with E-state index in [1.165, 1.54) is 20.3 Å². The Morgan fingerprint density at radius 3 is 2.71 bits per heavy atom. The highest BCUT2D eigenvalue weighted by molar-refractivity contribution is 5.92. The molecule has 0 saturated carbocycles. The first-order valence-corrected chi connectivity index (χ1v) is 5.10. The zero-order valence-corrected chi connectivity index (χ0v) is 9.80. The quantitative estimate of drug-likeness (QED) is 0.576. The van der Waals surface area contributed by atoms with Crippen molar-refractivity contribution in [2.75, 3.05) is 14.2 Å². The molecule has 0 spiro atoms. The number of carbonyl (C=O) groups excluding carboxylic acids is 2. The van der Waals surface area contributed by atoms with E-state index in [4.69, 9.17) is 5.73 Å². The number of hydrogen-bond donors (Lipinski definition) is 1. The smallest absolute Gasteiger partial charge is 0.339 e. The van der Waals surface area contributed by atoms with E-state index in [0.29, 0.717) is 17.7 Å². The number of rotatable bonds is 3. The van der Waals surface area contributed by atoms with Gasteiger partial charge in [0.05, 0.1) is 19.8 Å². The Morgan fingerprint density at radius 2 is 2.12 bits per heavy atom. The van der Waals surface area contributed by atoms with Gasteiger partial charge in [0.25, 0.3) is 0 Å². The number of hydrogen-bond acceptors (Lipinski definition) is 5. The molecule has 1 rings (SSSR count). The van der Waals surface area contributed by atoms with Crippen molar-refractivity contribution >= 4 is 11.9 Å². The van der Waals surface area contributed by atoms with E-state index in [2.05, 4.69) is 9.47 Å². The molecule has 5 nitrogen and oxygen atoms in total. The second-order valence-electron chi connectivity index (χ2n) is 3.49. The largest absolute Gasteiger partial charge is 0.466 e. The summed E-state index contributed by atoms with van der Waals surface area (Å²) in [4.78, 5) is 22.3. The van der Waals surface area contributed by atoms with E-state index in [1.807, 2.05) is 6.08 Å². The molecule has 1 aliphatic carbocycles. The predicted molar refractivity (Wildman–Crippen MR) is 61.6 cm³/mol. The fourth-order valence-corrected chi connectivity index (χ4v) is 1.50. The van der Waals surface area contributed by atoms with E-state index < -0.39 is 11.9 Å². The average Bonchev–Trinajstić information content (AvgIpc) is 2.36. The van der Waals surface area contributed by atoms with Gasteiger partial charge in [-0.25, -0.2) is 9.59 Å². The topological polar surface area (TPSA) is 78.6 Å². The Bertz CT molecular complexity index is 407. The maximum atomic E-state index is 11.4. The number of carbonyl (C=O) groups is 2. The molecule has 0 aliphatic heterocycles. The molecule has 2 N–H and O–H groups in total. The van der Waals surface area contributed by atoms with Crippen LogP contribution in [0.4, 0.5) is 0 Å². The molecule has 0 aromatic heterocycles. The van der Waals surface area contributed by atoms with Crippen LogP contribution in [0.1, 0.15) is 6.42 Å². The summed E-state index contributed by atoms with van der Waals surface area (Å²) in [5.41, 5.74) is 6.59. The Morgan fingerprint density at radius 1 is 1.41 bits per heavy atom. The molecule has 0 amide bonds. The third-order valence-corrected chi connectivity index (χ3v) is 2.46. The fourth-order valence-electron chi connectivity index (χ4n) is 1.50. The van der Waals surface area contributed by atoms with Crippen molar-refractivity contribution in [1.82, 2.24) is 0 Å². The van der Waals surface area contributed by atoms with Crippen molar-refractivity contribution in [3.63, 3.8) is 0 Å². The first kappa shape index (κ1) is 13.0. The summed E-state index contributed by atoms with van der Waals surface area (Å²) >= 11 is 0. The van der Waals surface area contributed by atoms with Crippen LogP contribution in [0.25, 0.3) is 0 Å². The van der Waals surface area contributed by atoms with E-state index >= 15 is 0 Å². The van der Waals surface area contributed by atoms with Gasteiger partial charge in [0.1, 0.15) is 0 Å². The van der Waals surface area contributed by atoms with Crippen LogP contribution in [0.5, 0.6) is 0 Å². The summed E-state index contributed by atoms with van der Waals surface area (Å²) in [6.45, 7) is 0. The van der Waals surface area contributed by atoms with Gasteiger partial charge in [-0.05, 0) is 12.5 Å². The fraction of sp³-hybridized carbons (Fsp3) is 0.333. The highest BCUT2D eigenvalue weighted by Gasteiger charge is 2.20. The molecule has 0 fully saturated rings. The second-order valence-corrected chi connectivity index (χ2v) is 3.49. The minimum Gasteiger partial charge on any atom is -0.466 e. The summed E-state index contributed by atoms with van der Waals surface area (Å²) in [7, 11) is 2.59. The normalized spacial score (nSPS) is 19.5. The van der Waals surface area contributed by atoms with Gasteiger partial charge in [0, 0.05) is 17.7 Å². The van der Waals surface area contributed by atoms with Crippen LogP contribution < -0.4 is 5.73 Å². The molecule has 0 bridgehead atoms. The van der Waals surface area contributed by atoms with Gasteiger partial charge in [-0.2, -0.15) is 0 Å². The lowest BCUT2D eigenvalue weighted by atomic mass is 9.92. The van der Waals surface area contributed by atoms with Crippen LogP contribution in [0, 0.1) is 5.92 Å². The van der Waals surface area contributed by atoms with Crippen LogP contribution in [-0.2, 0) is 19.1 Å². The van der Waals surface area contributed by atoms with Gasteiger partial charge < -0.3 is 15.2 Å². The van der Waals surface area contributed by atoms with Gasteiger partial charge >= 0.3 is 11.9 Å². The lowest BCUT2D eigenvalue weighted by Gasteiger charge is -2.17. The van der Waals surface area contributed by atoms with Gasteiger partial charge in [0.15, 0.2) is 0 Å². The summed E-state index contributed by atoms with van der Waals surface area (Å²) in [6, 6.07) is 0. The summed E-state index contributed by atoms with van der Waals surface area (Å²) in [5.74, 6) is -1.12. The molecule has 92 valence electrons. The molecule has 17 heavy (non-hydrogen) atoms. The Kier molecular flexibility index (Phi) is 4.51. The van der Waals surface area contributed by atoms with Crippen LogP contribution in [0.3, 0.4) is 0 Å². The molecule has 0 aromatic carbocycles. The molecule has 5 heteroatoms. The molecular formula is C12H15NO4. The highest BCUT2D eigenvalue weighted by Crippen LogP contribution is 2.23. The first-order chi connectivity index (χ1) is 8.10. The van der Waals surface area contributed by atoms with Crippen molar-refractivity contribution in [1.29, 1.82) is 0 Å². The number of allylic oxidation sites excluding steroid dienone is 2. The lowest BCUT2D eigenvalue weighted by Crippen LogP contribution is -2.20. The summed E-state index contributed by atoms with van der Waals surface area (Å²) in [5, 5.41) is 0.